The standard InChI is InChI=1S/C17H19ClO4/c18-13-8-6-12(7-9-13)16(11-4-2-1-3-5-11)14(17(21)22)10-15(19)20/h6-9,11H,1-5,10H2,(H,19,20)(H,21,22). The molecule has 1 aliphatic rings. The lowest BCUT2D eigenvalue weighted by atomic mass is 9.78. The largest absolute Gasteiger partial charge is 0.481 e. The van der Waals surface area contributed by atoms with Crippen LogP contribution in [0.3, 0.4) is 0 Å². The molecule has 0 unspecified atom stereocenters. The Hall–Kier alpha value is -1.81. The molecule has 22 heavy (non-hydrogen) atoms. The Bertz CT molecular complexity index is 583. The zero-order valence-corrected chi connectivity index (χ0v) is 13.0. The van der Waals surface area contributed by atoms with Crippen molar-refractivity contribution in [2.45, 2.75) is 38.5 Å². The summed E-state index contributed by atoms with van der Waals surface area (Å²) >= 11 is 5.90. The maximum Gasteiger partial charge on any atom is 0.332 e. The number of carboxylic acids is 2. The lowest BCUT2D eigenvalue weighted by Crippen LogP contribution is -2.16. The van der Waals surface area contributed by atoms with E-state index in [1.54, 1.807) is 24.3 Å². The summed E-state index contributed by atoms with van der Waals surface area (Å²) in [6, 6.07) is 6.97. The summed E-state index contributed by atoms with van der Waals surface area (Å²) < 4.78 is 0. The minimum absolute atomic E-state index is 0.0123. The number of halogens is 1. The first-order chi connectivity index (χ1) is 10.5. The average Bonchev–Trinajstić information content (AvgIpc) is 2.49. The van der Waals surface area contributed by atoms with E-state index >= 15 is 0 Å². The number of allylic oxidation sites excluding steroid dienone is 1. The van der Waals surface area contributed by atoms with Crippen molar-refractivity contribution in [2.24, 2.45) is 5.92 Å². The third-order valence-electron chi connectivity index (χ3n) is 4.08. The van der Waals surface area contributed by atoms with E-state index in [1.165, 1.54) is 0 Å². The fourth-order valence-corrected chi connectivity index (χ4v) is 3.24. The van der Waals surface area contributed by atoms with Crippen molar-refractivity contribution in [3.05, 3.63) is 40.4 Å². The molecule has 2 rings (SSSR count). The minimum Gasteiger partial charge on any atom is -0.481 e. The van der Waals surface area contributed by atoms with Gasteiger partial charge in [0.05, 0.1) is 12.0 Å². The maximum absolute atomic E-state index is 11.6. The lowest BCUT2D eigenvalue weighted by Gasteiger charge is -2.26. The molecule has 1 aromatic rings. The highest BCUT2D eigenvalue weighted by atomic mass is 35.5. The van der Waals surface area contributed by atoms with Crippen molar-refractivity contribution in [1.29, 1.82) is 0 Å². The molecule has 2 N–H and O–H groups in total. The van der Waals surface area contributed by atoms with E-state index in [4.69, 9.17) is 16.7 Å². The van der Waals surface area contributed by atoms with Crippen LogP contribution in [-0.4, -0.2) is 22.2 Å². The summed E-state index contributed by atoms with van der Waals surface area (Å²) in [7, 11) is 0. The van der Waals surface area contributed by atoms with Gasteiger partial charge in [0.25, 0.3) is 0 Å². The Balaban J connectivity index is 2.53. The maximum atomic E-state index is 11.6. The van der Waals surface area contributed by atoms with Crippen LogP contribution in [0.2, 0.25) is 5.02 Å². The molecule has 0 saturated heterocycles. The number of hydrogen-bond acceptors (Lipinski definition) is 2. The van der Waals surface area contributed by atoms with Crippen molar-refractivity contribution in [3.63, 3.8) is 0 Å². The second-order valence-corrected chi connectivity index (χ2v) is 6.05. The fourth-order valence-electron chi connectivity index (χ4n) is 3.11. The first kappa shape index (κ1) is 16.6. The van der Waals surface area contributed by atoms with Gasteiger partial charge in [0.1, 0.15) is 0 Å². The third kappa shape index (κ3) is 4.10. The summed E-state index contributed by atoms with van der Waals surface area (Å²) in [5, 5.41) is 19.1. The second kappa shape index (κ2) is 7.45. The average molecular weight is 323 g/mol. The van der Waals surface area contributed by atoms with Crippen LogP contribution in [-0.2, 0) is 9.59 Å². The van der Waals surface area contributed by atoms with Crippen LogP contribution >= 0.6 is 11.6 Å². The van der Waals surface area contributed by atoms with Crippen LogP contribution in [0.5, 0.6) is 0 Å². The van der Waals surface area contributed by atoms with Crippen LogP contribution in [0, 0.1) is 5.92 Å². The zero-order valence-electron chi connectivity index (χ0n) is 12.2. The van der Waals surface area contributed by atoms with Crippen molar-refractivity contribution in [1.82, 2.24) is 0 Å². The highest BCUT2D eigenvalue weighted by Crippen LogP contribution is 2.38. The molecule has 1 aromatic carbocycles. The number of aliphatic carboxylic acids is 2. The summed E-state index contributed by atoms with van der Waals surface area (Å²) in [6.45, 7) is 0. The van der Waals surface area contributed by atoms with Crippen LogP contribution in [0.15, 0.2) is 29.8 Å². The SMILES string of the molecule is O=C(O)CC(C(=O)O)=C(c1ccc(Cl)cc1)C1CCCCC1. The molecule has 118 valence electrons. The van der Waals surface area contributed by atoms with E-state index in [9.17, 15) is 14.7 Å². The molecule has 0 amide bonds. The number of carbonyl (C=O) groups is 2. The quantitative estimate of drug-likeness (QED) is 0.795. The Morgan fingerprint density at radius 1 is 1.05 bits per heavy atom. The topological polar surface area (TPSA) is 74.6 Å². The van der Waals surface area contributed by atoms with Gasteiger partial charge in [-0.1, -0.05) is 43.0 Å². The monoisotopic (exact) mass is 322 g/mol. The predicted octanol–water partition coefficient (Wildman–Crippen LogP) is 4.23. The van der Waals surface area contributed by atoms with Gasteiger partial charge >= 0.3 is 11.9 Å². The molecular formula is C17H19ClO4. The van der Waals surface area contributed by atoms with Gasteiger partial charge < -0.3 is 10.2 Å². The summed E-state index contributed by atoms with van der Waals surface area (Å²) in [4.78, 5) is 22.7. The number of rotatable bonds is 5. The van der Waals surface area contributed by atoms with Crippen molar-refractivity contribution < 1.29 is 19.8 Å². The third-order valence-corrected chi connectivity index (χ3v) is 4.33. The predicted molar refractivity (Wildman–Crippen MR) is 84.8 cm³/mol. The summed E-state index contributed by atoms with van der Waals surface area (Å²) in [5.41, 5.74) is 1.41. The van der Waals surface area contributed by atoms with E-state index in [1.807, 2.05) is 0 Å². The molecule has 1 fully saturated rings. The number of hydrogen-bond donors (Lipinski definition) is 2. The fraction of sp³-hybridized carbons (Fsp3) is 0.412. The molecular weight excluding hydrogens is 304 g/mol. The molecule has 0 bridgehead atoms. The van der Waals surface area contributed by atoms with Crippen molar-refractivity contribution in [3.8, 4) is 0 Å². The lowest BCUT2D eigenvalue weighted by molar-refractivity contribution is -0.139. The van der Waals surface area contributed by atoms with Gasteiger partial charge in [-0.2, -0.15) is 0 Å². The molecule has 1 aliphatic carbocycles. The molecule has 4 nitrogen and oxygen atoms in total. The Labute approximate surface area is 134 Å². The Kier molecular flexibility index (Phi) is 5.61. The first-order valence-corrected chi connectivity index (χ1v) is 7.81. The van der Waals surface area contributed by atoms with Gasteiger partial charge in [-0.05, 0) is 42.0 Å². The zero-order chi connectivity index (χ0) is 16.1. The highest BCUT2D eigenvalue weighted by Gasteiger charge is 2.26. The Morgan fingerprint density at radius 3 is 2.14 bits per heavy atom. The van der Waals surface area contributed by atoms with Gasteiger partial charge in [0, 0.05) is 5.02 Å². The molecule has 0 aliphatic heterocycles. The number of carboxylic acid groups (broad SMARTS) is 2. The second-order valence-electron chi connectivity index (χ2n) is 5.61. The van der Waals surface area contributed by atoms with Crippen LogP contribution in [0.1, 0.15) is 44.1 Å². The molecule has 0 aromatic heterocycles. The van der Waals surface area contributed by atoms with E-state index < -0.39 is 18.4 Å². The van der Waals surface area contributed by atoms with Gasteiger partial charge in [-0.25, -0.2) is 4.79 Å². The minimum atomic E-state index is -1.15. The smallest absolute Gasteiger partial charge is 0.332 e. The van der Waals surface area contributed by atoms with Gasteiger partial charge in [0.2, 0.25) is 0 Å². The van der Waals surface area contributed by atoms with Crippen molar-refractivity contribution in [2.75, 3.05) is 0 Å². The molecule has 1 saturated carbocycles. The molecule has 0 spiro atoms. The molecule has 5 heteroatoms. The van der Waals surface area contributed by atoms with Crippen LogP contribution in [0.25, 0.3) is 5.57 Å². The van der Waals surface area contributed by atoms with E-state index in [0.29, 0.717) is 10.6 Å². The van der Waals surface area contributed by atoms with Crippen molar-refractivity contribution >= 4 is 29.1 Å². The number of benzene rings is 1. The van der Waals surface area contributed by atoms with Gasteiger partial charge in [-0.15, -0.1) is 0 Å². The summed E-state index contributed by atoms with van der Waals surface area (Å²) in [6.07, 6.45) is 4.56. The van der Waals surface area contributed by atoms with E-state index in [-0.39, 0.29) is 11.5 Å². The van der Waals surface area contributed by atoms with E-state index in [0.717, 1.165) is 37.7 Å². The van der Waals surface area contributed by atoms with Gasteiger partial charge in [-0.3, -0.25) is 4.79 Å². The molecule has 0 heterocycles. The molecule has 0 atom stereocenters. The van der Waals surface area contributed by atoms with Gasteiger partial charge in [0.15, 0.2) is 0 Å². The Morgan fingerprint density at radius 2 is 1.64 bits per heavy atom. The molecule has 0 radical (unpaired) electrons. The normalized spacial score (nSPS) is 17.0. The summed E-state index contributed by atoms with van der Waals surface area (Å²) in [5.74, 6) is -2.18. The first-order valence-electron chi connectivity index (χ1n) is 7.43. The van der Waals surface area contributed by atoms with Crippen LogP contribution in [0.4, 0.5) is 0 Å². The van der Waals surface area contributed by atoms with Crippen LogP contribution < -0.4 is 0 Å². The highest BCUT2D eigenvalue weighted by molar-refractivity contribution is 6.30. The van der Waals surface area contributed by atoms with E-state index in [2.05, 4.69) is 0 Å².